The first-order valence-electron chi connectivity index (χ1n) is 53.0. The van der Waals surface area contributed by atoms with E-state index in [0.717, 1.165) is 163 Å². The minimum Gasteiger partial charge on any atom is -0.462 e. The molecule has 19 atom stereocenters. The van der Waals surface area contributed by atoms with Crippen molar-refractivity contribution in [2.75, 3.05) is 7.11 Å². The number of cyclic esters (lactones) is 1. The molecule has 0 spiro atoms. The van der Waals surface area contributed by atoms with E-state index < -0.39 is 123 Å². The van der Waals surface area contributed by atoms with Gasteiger partial charge in [0.1, 0.15) is 12.2 Å². The van der Waals surface area contributed by atoms with Crippen molar-refractivity contribution in [1.82, 2.24) is 0 Å². The molecule has 2 saturated heterocycles. The van der Waals surface area contributed by atoms with Gasteiger partial charge in [0.15, 0.2) is 86.9 Å². The molecule has 16 nitrogen and oxygen atoms in total. The van der Waals surface area contributed by atoms with Gasteiger partial charge in [-0.2, -0.15) is 0 Å². The van der Waals surface area contributed by atoms with Crippen molar-refractivity contribution in [1.29, 1.82) is 0 Å². The molecular weight excluding hydrogens is 1740 g/mol. The van der Waals surface area contributed by atoms with E-state index in [0.29, 0.717) is 44.9 Å². The summed E-state index contributed by atoms with van der Waals surface area (Å²) < 4.78 is 109. The molecule has 0 aromatic carbocycles. The third kappa shape index (κ3) is 34.7. The lowest BCUT2D eigenvalue weighted by atomic mass is 9.82. The van der Waals surface area contributed by atoms with Gasteiger partial charge in [-0.3, -0.25) is 4.79 Å². The van der Waals surface area contributed by atoms with Crippen molar-refractivity contribution in [3.05, 3.63) is 97.7 Å². The number of esters is 1. The highest BCUT2D eigenvalue weighted by atomic mass is 28.4. The molecule has 25 heteroatoms. The van der Waals surface area contributed by atoms with Crippen molar-refractivity contribution in [3.63, 3.8) is 0 Å². The van der Waals surface area contributed by atoms with Crippen LogP contribution in [-0.4, -0.2) is 185 Å². The first-order chi connectivity index (χ1) is 61.1. The van der Waals surface area contributed by atoms with Gasteiger partial charge in [-0.25, -0.2) is 0 Å². The molecule has 3 heterocycles. The second-order valence-electron chi connectivity index (χ2n) is 38.7. The Bertz CT molecular complexity index is 3140. The van der Waals surface area contributed by atoms with Gasteiger partial charge >= 0.3 is 5.97 Å². The molecule has 0 amide bonds. The smallest absolute Gasteiger partial charge is 0.308 e. The second kappa shape index (κ2) is 60.6. The molecule has 0 aromatic heterocycles. The maximum Gasteiger partial charge on any atom is 0.308 e. The number of allylic oxidation sites excluding steroid dienone is 12. The van der Waals surface area contributed by atoms with Crippen LogP contribution in [0.3, 0.4) is 0 Å². The Hall–Kier alpha value is -1.22. The third-order valence-corrected chi connectivity index (χ3v) is 75.2. The molecule has 0 saturated carbocycles. The topological polar surface area (TPSA) is 172 Å². The van der Waals surface area contributed by atoms with Gasteiger partial charge < -0.3 is 69.3 Å². The van der Waals surface area contributed by atoms with Crippen molar-refractivity contribution in [3.8, 4) is 0 Å². The standard InChI is InChI=1S/C103H203NO15Si9/c1-34-92-94-79-88(109-102-101(119-128(59-26,60-27)61-28)98(104)100(87(32)108-102)118-127(56-23,57-24)58-25)75-73-71-69-67-65-63-62-64-66-68-70-72-74-84(29)99(117-126(53-20,54-21)55-22)85(30)86(31)107-97(105)81-90(112-121(38-5,39-6)40-7)78-89(111-120(35-2,36-3)37-4)76-77-93(114-123(44-11,45-12)46-13)95(115-124(47-14,48-15)49-16)80-91(113-122(41-8,42-9)43-10)82-103(106-33,110-94)83-96(92)116-125(50-17,51-18)52-19/h34,62-75,84-96,98-102H,1,35-61,76-83,104H2,2-33H3/t84-,85-,86-,87+,88-,89+,90+,91-,92-,93+,94-,95+,96-,98-,99+,100+,101-,102-,103+/m0/s1. The van der Waals surface area contributed by atoms with E-state index in [2.05, 4.69) is 306 Å². The molecular formula is C103H203NO15Si9. The molecule has 2 bridgehead atoms. The van der Waals surface area contributed by atoms with Crippen molar-refractivity contribution in [2.24, 2.45) is 23.5 Å². The second-order valence-corrected chi connectivity index (χ2v) is 81.2. The van der Waals surface area contributed by atoms with E-state index >= 15 is 4.79 Å². The normalized spacial score (nSPS) is 28.5. The number of nitrogens with two attached hydrogens (primary N) is 1. The summed E-state index contributed by atoms with van der Waals surface area (Å²) in [4.78, 5) is 15.4. The van der Waals surface area contributed by atoms with Crippen LogP contribution in [0.25, 0.3) is 0 Å². The SMILES string of the molecule is C=C[C@H]1[C@@H]2C[C@@H](O[C@@H]3O[C@H](C)[C@@H](O[Si](CC)(CC)CC)[C@H](N)[C@@H]3O[Si](CC)(CC)CC)C=CC=CC=CC=CC=CC=CC=C[C@H](C)[C@@H](O[Si](CC)(CC)CC)[C@@H](C)[C@H](C)OC(=O)C[C@H](O[Si](CC)(CC)CC)C[C@H](O[Si](CC)(CC)CC)CC[C@@H](O[Si](CC)(CC)CC)[C@H](O[Si](CC)(CC)CC)C[C@H](O[Si](CC)(CC)CC)C[C@](OC)(C[C@@H]1O[Si](CC)(CC)CC)O2. The monoisotopic (exact) mass is 1950 g/mol. The predicted octanol–water partition coefficient (Wildman–Crippen LogP) is 29.7. The molecule has 3 aliphatic heterocycles. The Morgan fingerprint density at radius 3 is 1.10 bits per heavy atom. The third-order valence-electron chi connectivity index (χ3n) is 33.2. The number of carbonyl (C=O) groups is 1. The summed E-state index contributed by atoms with van der Waals surface area (Å²) in [5.41, 5.74) is 7.79. The van der Waals surface area contributed by atoms with Crippen LogP contribution in [0, 0.1) is 17.8 Å². The molecule has 0 aliphatic carbocycles. The number of carbonyl (C=O) groups excluding carboxylic acids is 1. The number of ether oxygens (including phenoxy) is 5. The Kier molecular flexibility index (Phi) is 57.3. The molecule has 128 heavy (non-hydrogen) atoms. The van der Waals surface area contributed by atoms with Gasteiger partial charge in [-0.15, -0.1) is 6.58 Å². The maximum atomic E-state index is 15.4. The molecule has 746 valence electrons. The summed E-state index contributed by atoms with van der Waals surface area (Å²) in [7, 11) is -19.4. The fourth-order valence-corrected chi connectivity index (χ4v) is 47.3. The van der Waals surface area contributed by atoms with E-state index in [1.54, 1.807) is 0 Å². The zero-order chi connectivity index (χ0) is 96.2. The summed E-state index contributed by atoms with van der Waals surface area (Å²) in [6.45, 7) is 76.3. The van der Waals surface area contributed by atoms with Crippen LogP contribution >= 0.6 is 0 Å². The summed E-state index contributed by atoms with van der Waals surface area (Å²) in [5.74, 6) is -1.76. The van der Waals surface area contributed by atoms with Crippen LogP contribution in [0.1, 0.15) is 266 Å². The molecule has 0 aromatic rings. The lowest BCUT2D eigenvalue weighted by Crippen LogP contribution is -2.67. The van der Waals surface area contributed by atoms with Crippen molar-refractivity contribution in [2.45, 2.75) is 527 Å². The van der Waals surface area contributed by atoms with Crippen LogP contribution in [0.5, 0.6) is 0 Å². The van der Waals surface area contributed by atoms with Gasteiger partial charge in [-0.05, 0) is 209 Å². The lowest BCUT2D eigenvalue weighted by molar-refractivity contribution is -0.312. The van der Waals surface area contributed by atoms with E-state index in [9.17, 15) is 0 Å². The van der Waals surface area contributed by atoms with E-state index in [-0.39, 0.29) is 79.0 Å². The maximum absolute atomic E-state index is 15.4. The predicted molar refractivity (Wildman–Crippen MR) is 569 cm³/mol. The average molecular weight is 1950 g/mol. The summed E-state index contributed by atoms with van der Waals surface area (Å²) in [5, 5.41) is 0. The molecule has 2 fully saturated rings. The van der Waals surface area contributed by atoms with Crippen LogP contribution in [0.4, 0.5) is 0 Å². The van der Waals surface area contributed by atoms with Crippen molar-refractivity contribution < 1.29 is 68.3 Å². The molecule has 0 radical (unpaired) electrons. The van der Waals surface area contributed by atoms with Crippen LogP contribution in [0.2, 0.25) is 163 Å². The first kappa shape index (κ1) is 121. The molecule has 2 N–H and O–H groups in total. The van der Waals surface area contributed by atoms with Crippen molar-refractivity contribution >= 4 is 80.8 Å². The average Bonchev–Trinajstić information content (AvgIpc) is 0.766. The van der Waals surface area contributed by atoms with E-state index in [1.807, 2.05) is 7.11 Å². The van der Waals surface area contributed by atoms with Crippen LogP contribution < -0.4 is 5.73 Å². The van der Waals surface area contributed by atoms with Crippen LogP contribution in [-0.2, 0) is 68.3 Å². The fraction of sp³-hybridized carbons (Fsp3) is 0.835. The van der Waals surface area contributed by atoms with E-state index in [4.69, 9.17) is 75.8 Å². The van der Waals surface area contributed by atoms with Gasteiger partial charge in [0.25, 0.3) is 0 Å². The molecule has 0 unspecified atom stereocenters. The Morgan fingerprint density at radius 1 is 0.375 bits per heavy atom. The number of hydrogen-bond donors (Lipinski definition) is 1. The van der Waals surface area contributed by atoms with Gasteiger partial charge in [0, 0.05) is 44.3 Å². The van der Waals surface area contributed by atoms with Gasteiger partial charge in [-0.1, -0.05) is 292 Å². The zero-order valence-electron chi connectivity index (χ0n) is 88.7. The van der Waals surface area contributed by atoms with Gasteiger partial charge in [0.2, 0.25) is 0 Å². The summed E-state index contributed by atoms with van der Waals surface area (Å²) >= 11 is 0. The number of hydrogen-bond acceptors (Lipinski definition) is 16. The zero-order valence-corrected chi connectivity index (χ0v) is 97.7. The quantitative estimate of drug-likeness (QED) is 0.0346. The highest BCUT2D eigenvalue weighted by Crippen LogP contribution is 2.48. The minimum absolute atomic E-state index is 0.0400. The minimum atomic E-state index is -2.50. The van der Waals surface area contributed by atoms with Gasteiger partial charge in [0.05, 0.1) is 73.5 Å². The molecule has 3 rings (SSSR count). The fourth-order valence-electron chi connectivity index (χ4n) is 21.1. The summed E-state index contributed by atoms with van der Waals surface area (Å²) in [6.07, 6.45) is 29.5. The largest absolute Gasteiger partial charge is 0.462 e. The van der Waals surface area contributed by atoms with Crippen LogP contribution in [0.15, 0.2) is 97.7 Å². The highest BCUT2D eigenvalue weighted by Gasteiger charge is 2.56. The Balaban J connectivity index is 2.81. The Morgan fingerprint density at radius 2 is 0.711 bits per heavy atom. The number of rotatable bonds is 49. The first-order valence-corrected chi connectivity index (χ1v) is 75.8. The van der Waals surface area contributed by atoms with E-state index in [1.165, 1.54) is 0 Å². The number of methoxy groups -OCH3 is 1. The number of fused-ring (bicyclic) bond motifs is 2. The lowest BCUT2D eigenvalue weighted by Gasteiger charge is -2.52. The molecule has 3 aliphatic rings. The Labute approximate surface area is 798 Å². The summed E-state index contributed by atoms with van der Waals surface area (Å²) in [6, 6.07) is 25.8. The highest BCUT2D eigenvalue weighted by molar-refractivity contribution is 6.77.